The minimum Gasteiger partial charge on any atom is -0.382 e. The van der Waals surface area contributed by atoms with Gasteiger partial charge in [0.1, 0.15) is 17.5 Å². The van der Waals surface area contributed by atoms with E-state index in [2.05, 4.69) is 21.6 Å². The highest BCUT2D eigenvalue weighted by atomic mass is 16.1. The highest BCUT2D eigenvalue weighted by Crippen LogP contribution is 2.21. The van der Waals surface area contributed by atoms with Gasteiger partial charge in [-0.25, -0.2) is 9.36 Å². The molecule has 0 saturated heterocycles. The van der Waals surface area contributed by atoms with E-state index < -0.39 is 0 Å². The second-order valence-electron chi connectivity index (χ2n) is 6.93. The Bertz CT molecular complexity index is 1220. The van der Waals surface area contributed by atoms with Crippen molar-refractivity contribution >= 4 is 11.7 Å². The van der Waals surface area contributed by atoms with Crippen molar-refractivity contribution in [2.75, 3.05) is 12.3 Å². The number of aryl methyl sites for hydroxylation is 1. The van der Waals surface area contributed by atoms with E-state index in [-0.39, 0.29) is 5.91 Å². The second-order valence-corrected chi connectivity index (χ2v) is 6.93. The predicted octanol–water partition coefficient (Wildman–Crippen LogP) is 2.87. The van der Waals surface area contributed by atoms with Gasteiger partial charge in [-0.05, 0) is 37.1 Å². The fourth-order valence-corrected chi connectivity index (χ4v) is 3.26. The van der Waals surface area contributed by atoms with Crippen LogP contribution in [0.3, 0.4) is 0 Å². The number of hydrogen-bond donors (Lipinski definition) is 2. The molecule has 2 aromatic carbocycles. The van der Waals surface area contributed by atoms with Crippen LogP contribution in [0.2, 0.25) is 0 Å². The summed E-state index contributed by atoms with van der Waals surface area (Å²) >= 11 is 0. The summed E-state index contributed by atoms with van der Waals surface area (Å²) in [7, 11) is 0. The van der Waals surface area contributed by atoms with E-state index in [1.54, 1.807) is 21.8 Å². The number of amides is 1. The standard InChI is InChI=1S/C23H21N7O/c24-14-20-21(28-30(22(20)25)19-10-5-2-6-11-19)12-7-13-26-23(31)17-15-27-29(16-17)18-8-3-1-4-9-18/h1-6,8-11,15-16H,7,12-13,25H2,(H,26,31). The number of para-hydroxylation sites is 2. The van der Waals surface area contributed by atoms with E-state index in [1.807, 2.05) is 60.7 Å². The zero-order valence-corrected chi connectivity index (χ0v) is 16.8. The molecule has 0 saturated carbocycles. The van der Waals surface area contributed by atoms with Crippen LogP contribution in [0.25, 0.3) is 11.4 Å². The zero-order chi connectivity index (χ0) is 21.6. The SMILES string of the molecule is N#Cc1c(CCCNC(=O)c2cnn(-c3ccccc3)c2)nn(-c2ccccc2)c1N. The molecule has 0 aliphatic rings. The fraction of sp³-hybridized carbons (Fsp3) is 0.130. The van der Waals surface area contributed by atoms with Crippen LogP contribution in [-0.4, -0.2) is 32.0 Å². The number of aromatic nitrogens is 4. The molecule has 3 N–H and O–H groups in total. The topological polar surface area (TPSA) is 115 Å². The number of nitrogens with two attached hydrogens (primary N) is 1. The number of nitrogens with zero attached hydrogens (tertiary/aromatic N) is 5. The maximum atomic E-state index is 12.4. The number of benzene rings is 2. The Hall–Kier alpha value is -4.38. The number of nitriles is 1. The molecule has 0 aliphatic carbocycles. The summed E-state index contributed by atoms with van der Waals surface area (Å²) in [4.78, 5) is 12.4. The highest BCUT2D eigenvalue weighted by molar-refractivity contribution is 5.93. The summed E-state index contributed by atoms with van der Waals surface area (Å²) in [6.07, 6.45) is 4.38. The molecule has 0 atom stereocenters. The van der Waals surface area contributed by atoms with E-state index >= 15 is 0 Å². The first-order valence-electron chi connectivity index (χ1n) is 9.88. The lowest BCUT2D eigenvalue weighted by Gasteiger charge is -2.03. The molecule has 0 bridgehead atoms. The Morgan fingerprint density at radius 1 is 1.06 bits per heavy atom. The molecule has 31 heavy (non-hydrogen) atoms. The maximum Gasteiger partial charge on any atom is 0.254 e. The van der Waals surface area contributed by atoms with Gasteiger partial charge in [0.25, 0.3) is 5.91 Å². The first-order valence-corrected chi connectivity index (χ1v) is 9.88. The van der Waals surface area contributed by atoms with Crippen LogP contribution in [0.1, 0.15) is 28.0 Å². The van der Waals surface area contributed by atoms with Crippen molar-refractivity contribution in [3.8, 4) is 17.4 Å². The van der Waals surface area contributed by atoms with E-state index in [9.17, 15) is 10.1 Å². The predicted molar refractivity (Wildman–Crippen MR) is 117 cm³/mol. The van der Waals surface area contributed by atoms with Crippen LogP contribution < -0.4 is 11.1 Å². The molecule has 8 nitrogen and oxygen atoms in total. The van der Waals surface area contributed by atoms with Crippen molar-refractivity contribution in [3.05, 3.63) is 89.9 Å². The lowest BCUT2D eigenvalue weighted by molar-refractivity contribution is 0.0953. The van der Waals surface area contributed by atoms with E-state index in [1.165, 1.54) is 0 Å². The minimum absolute atomic E-state index is 0.197. The van der Waals surface area contributed by atoms with E-state index in [0.29, 0.717) is 42.0 Å². The molecule has 2 heterocycles. The van der Waals surface area contributed by atoms with Gasteiger partial charge in [-0.3, -0.25) is 4.79 Å². The van der Waals surface area contributed by atoms with Gasteiger partial charge in [0.15, 0.2) is 0 Å². The molecular formula is C23H21N7O. The molecular weight excluding hydrogens is 390 g/mol. The molecule has 154 valence electrons. The molecule has 0 radical (unpaired) electrons. The van der Waals surface area contributed by atoms with Gasteiger partial charge in [0, 0.05) is 12.7 Å². The molecule has 2 aromatic heterocycles. The molecule has 4 aromatic rings. The van der Waals surface area contributed by atoms with Crippen LogP contribution in [0.4, 0.5) is 5.82 Å². The van der Waals surface area contributed by atoms with E-state index in [4.69, 9.17) is 5.73 Å². The second kappa shape index (κ2) is 8.97. The van der Waals surface area contributed by atoms with Gasteiger partial charge < -0.3 is 11.1 Å². The summed E-state index contributed by atoms with van der Waals surface area (Å²) in [5.41, 5.74) is 9.29. The van der Waals surface area contributed by atoms with Gasteiger partial charge in [0.2, 0.25) is 0 Å². The summed E-state index contributed by atoms with van der Waals surface area (Å²) in [5, 5.41) is 21.1. The van der Waals surface area contributed by atoms with Crippen LogP contribution in [-0.2, 0) is 6.42 Å². The lowest BCUT2D eigenvalue weighted by Crippen LogP contribution is -2.24. The van der Waals surface area contributed by atoms with Crippen molar-refractivity contribution in [2.45, 2.75) is 12.8 Å². The molecule has 8 heteroatoms. The average molecular weight is 411 g/mol. The Morgan fingerprint density at radius 2 is 1.74 bits per heavy atom. The molecule has 1 amide bonds. The van der Waals surface area contributed by atoms with Gasteiger partial charge in [-0.15, -0.1) is 0 Å². The quantitative estimate of drug-likeness (QED) is 0.454. The largest absolute Gasteiger partial charge is 0.382 e. The number of rotatable bonds is 7. The van der Waals surface area contributed by atoms with Crippen molar-refractivity contribution in [1.29, 1.82) is 5.26 Å². The molecule has 0 aliphatic heterocycles. The first-order chi connectivity index (χ1) is 15.2. The third-order valence-electron chi connectivity index (χ3n) is 4.85. The molecule has 4 rings (SSSR count). The number of hydrogen-bond acceptors (Lipinski definition) is 5. The fourth-order valence-electron chi connectivity index (χ4n) is 3.26. The van der Waals surface area contributed by atoms with Crippen molar-refractivity contribution < 1.29 is 4.79 Å². The number of nitrogen functional groups attached to an aromatic ring is 1. The Morgan fingerprint density at radius 3 is 2.42 bits per heavy atom. The Balaban J connectivity index is 1.36. The Kier molecular flexibility index (Phi) is 5.76. The zero-order valence-electron chi connectivity index (χ0n) is 16.8. The molecule has 0 spiro atoms. The van der Waals surface area contributed by atoms with E-state index in [0.717, 1.165) is 11.4 Å². The molecule has 0 fully saturated rings. The number of nitrogens with one attached hydrogen (secondary N) is 1. The van der Waals surface area contributed by atoms with Crippen LogP contribution >= 0.6 is 0 Å². The smallest absolute Gasteiger partial charge is 0.254 e. The number of carbonyl (C=O) groups excluding carboxylic acids is 1. The average Bonchev–Trinajstić information content (AvgIpc) is 3.43. The van der Waals surface area contributed by atoms with Crippen LogP contribution in [0, 0.1) is 11.3 Å². The normalized spacial score (nSPS) is 10.5. The summed E-state index contributed by atoms with van der Waals surface area (Å²) in [6.45, 7) is 0.443. The number of carbonyl (C=O) groups is 1. The monoisotopic (exact) mass is 411 g/mol. The number of anilines is 1. The van der Waals surface area contributed by atoms with Crippen molar-refractivity contribution in [3.63, 3.8) is 0 Å². The van der Waals surface area contributed by atoms with Crippen molar-refractivity contribution in [2.24, 2.45) is 0 Å². The summed E-state index contributed by atoms with van der Waals surface area (Å²) in [6, 6.07) is 21.2. The maximum absolute atomic E-state index is 12.4. The lowest BCUT2D eigenvalue weighted by atomic mass is 10.1. The highest BCUT2D eigenvalue weighted by Gasteiger charge is 2.16. The van der Waals surface area contributed by atoms with Gasteiger partial charge in [0.05, 0.1) is 28.8 Å². The first kappa shape index (κ1) is 19.9. The van der Waals surface area contributed by atoms with Crippen molar-refractivity contribution in [1.82, 2.24) is 24.9 Å². The molecule has 0 unspecified atom stereocenters. The Labute approximate surface area is 179 Å². The van der Waals surface area contributed by atoms with Crippen LogP contribution in [0.15, 0.2) is 73.1 Å². The third-order valence-corrected chi connectivity index (χ3v) is 4.85. The summed E-state index contributed by atoms with van der Waals surface area (Å²) in [5.74, 6) is 0.123. The van der Waals surface area contributed by atoms with Gasteiger partial charge in [-0.1, -0.05) is 36.4 Å². The van der Waals surface area contributed by atoms with Gasteiger partial charge >= 0.3 is 0 Å². The summed E-state index contributed by atoms with van der Waals surface area (Å²) < 4.78 is 3.23. The minimum atomic E-state index is -0.197. The van der Waals surface area contributed by atoms with Crippen LogP contribution in [0.5, 0.6) is 0 Å². The third kappa shape index (κ3) is 4.31. The van der Waals surface area contributed by atoms with Gasteiger partial charge in [-0.2, -0.15) is 15.5 Å².